The predicted octanol–water partition coefficient (Wildman–Crippen LogP) is 0.545. The van der Waals surface area contributed by atoms with Gasteiger partial charge in [-0.2, -0.15) is 0 Å². The van der Waals surface area contributed by atoms with Crippen molar-refractivity contribution in [3.8, 4) is 0 Å². The highest BCUT2D eigenvalue weighted by molar-refractivity contribution is 5.88. The number of esters is 1. The van der Waals surface area contributed by atoms with Crippen molar-refractivity contribution in [3.05, 3.63) is 29.6 Å². The first-order valence-electron chi connectivity index (χ1n) is 5.66. The van der Waals surface area contributed by atoms with Gasteiger partial charge in [0.25, 0.3) is 0 Å². The minimum Gasteiger partial charge on any atom is -0.461 e. The molecule has 2 heterocycles. The molecule has 0 aromatic carbocycles. The van der Waals surface area contributed by atoms with Crippen LogP contribution in [0.5, 0.6) is 0 Å². The van der Waals surface area contributed by atoms with Crippen LogP contribution in [0, 0.1) is 6.92 Å². The summed E-state index contributed by atoms with van der Waals surface area (Å²) in [6.45, 7) is 4.40. The fourth-order valence-electron chi connectivity index (χ4n) is 1.59. The van der Waals surface area contributed by atoms with E-state index in [0.717, 1.165) is 5.69 Å². The average Bonchev–Trinajstić information content (AvgIpc) is 2.89. The van der Waals surface area contributed by atoms with Gasteiger partial charge in [-0.05, 0) is 13.8 Å². The van der Waals surface area contributed by atoms with E-state index in [2.05, 4.69) is 15.3 Å². The van der Waals surface area contributed by atoms with E-state index in [1.807, 2.05) is 11.6 Å². The zero-order chi connectivity index (χ0) is 13.1. The second-order valence-corrected chi connectivity index (χ2v) is 3.90. The lowest BCUT2D eigenvalue weighted by atomic mass is 10.3. The van der Waals surface area contributed by atoms with Crippen molar-refractivity contribution in [2.24, 2.45) is 7.05 Å². The molecule has 2 aromatic heterocycles. The summed E-state index contributed by atoms with van der Waals surface area (Å²) in [4.78, 5) is 15.6. The van der Waals surface area contributed by atoms with Crippen LogP contribution in [0.1, 0.15) is 28.8 Å². The fraction of sp³-hybridized carbons (Fsp3) is 0.455. The summed E-state index contributed by atoms with van der Waals surface area (Å²) in [5.74, 6) is -0.439. The van der Waals surface area contributed by atoms with Crippen LogP contribution in [0.2, 0.25) is 0 Å². The van der Waals surface area contributed by atoms with Crippen molar-refractivity contribution in [1.82, 2.24) is 24.5 Å². The highest BCUT2D eigenvalue weighted by Crippen LogP contribution is 2.08. The minimum atomic E-state index is -0.439. The molecule has 0 aliphatic heterocycles. The van der Waals surface area contributed by atoms with Crippen LogP contribution >= 0.6 is 0 Å². The standard InChI is InChI=1S/C11H15N5O2/c1-4-18-11(17)10-8(2)16(14-13-10)6-9-5-12-7-15(9)3/h5,7H,4,6H2,1-3H3. The molecule has 0 bridgehead atoms. The second kappa shape index (κ2) is 4.99. The number of hydrogen-bond acceptors (Lipinski definition) is 5. The molecule has 2 rings (SSSR count). The number of hydrogen-bond donors (Lipinski definition) is 0. The molecular weight excluding hydrogens is 234 g/mol. The third-order valence-electron chi connectivity index (χ3n) is 2.68. The van der Waals surface area contributed by atoms with Gasteiger partial charge in [-0.1, -0.05) is 5.21 Å². The normalized spacial score (nSPS) is 10.6. The van der Waals surface area contributed by atoms with Gasteiger partial charge in [0, 0.05) is 7.05 Å². The first-order chi connectivity index (χ1) is 8.63. The maximum Gasteiger partial charge on any atom is 0.360 e. The van der Waals surface area contributed by atoms with Crippen molar-refractivity contribution in [3.63, 3.8) is 0 Å². The van der Waals surface area contributed by atoms with E-state index in [1.54, 1.807) is 31.1 Å². The number of ether oxygens (including phenoxy) is 1. The largest absolute Gasteiger partial charge is 0.461 e. The summed E-state index contributed by atoms with van der Waals surface area (Å²) in [5.41, 5.74) is 1.94. The smallest absolute Gasteiger partial charge is 0.360 e. The van der Waals surface area contributed by atoms with Crippen LogP contribution in [0.15, 0.2) is 12.5 Å². The molecule has 7 heteroatoms. The molecule has 0 aliphatic carbocycles. The highest BCUT2D eigenvalue weighted by atomic mass is 16.5. The molecule has 0 N–H and O–H groups in total. The predicted molar refractivity (Wildman–Crippen MR) is 63.0 cm³/mol. The third kappa shape index (κ3) is 2.24. The topological polar surface area (TPSA) is 74.8 Å². The van der Waals surface area contributed by atoms with Gasteiger partial charge in [0.2, 0.25) is 0 Å². The molecule has 0 aliphatic rings. The maximum atomic E-state index is 11.6. The molecule has 96 valence electrons. The van der Waals surface area contributed by atoms with Crippen LogP contribution in [0.3, 0.4) is 0 Å². The lowest BCUT2D eigenvalue weighted by Gasteiger charge is -2.04. The molecule has 0 fully saturated rings. The first kappa shape index (κ1) is 12.3. The van der Waals surface area contributed by atoms with Crippen LogP contribution in [-0.4, -0.2) is 37.1 Å². The molecule has 0 saturated carbocycles. The lowest BCUT2D eigenvalue weighted by molar-refractivity contribution is 0.0518. The Morgan fingerprint density at radius 3 is 2.89 bits per heavy atom. The molecule has 0 radical (unpaired) electrons. The summed E-state index contributed by atoms with van der Waals surface area (Å²) in [6.07, 6.45) is 3.47. The molecule has 0 amide bonds. The quantitative estimate of drug-likeness (QED) is 0.739. The van der Waals surface area contributed by atoms with E-state index in [0.29, 0.717) is 18.8 Å². The summed E-state index contributed by atoms with van der Waals surface area (Å²) in [5, 5.41) is 7.81. The SMILES string of the molecule is CCOC(=O)c1nnn(Cc2cncn2C)c1C. The Bertz CT molecular complexity index is 558. The molecular formula is C11H15N5O2. The lowest BCUT2D eigenvalue weighted by Crippen LogP contribution is -2.10. The molecule has 7 nitrogen and oxygen atoms in total. The summed E-state index contributed by atoms with van der Waals surface area (Å²) >= 11 is 0. The molecule has 2 aromatic rings. The Morgan fingerprint density at radius 1 is 1.50 bits per heavy atom. The van der Waals surface area contributed by atoms with E-state index in [9.17, 15) is 4.79 Å². The van der Waals surface area contributed by atoms with E-state index in [-0.39, 0.29) is 5.69 Å². The zero-order valence-electron chi connectivity index (χ0n) is 10.6. The molecule has 0 saturated heterocycles. The van der Waals surface area contributed by atoms with Crippen LogP contribution in [0.25, 0.3) is 0 Å². The van der Waals surface area contributed by atoms with E-state index in [4.69, 9.17) is 4.74 Å². The van der Waals surface area contributed by atoms with E-state index in [1.165, 1.54) is 0 Å². The van der Waals surface area contributed by atoms with Crippen molar-refractivity contribution in [2.75, 3.05) is 6.61 Å². The van der Waals surface area contributed by atoms with Crippen molar-refractivity contribution >= 4 is 5.97 Å². The molecule has 0 unspecified atom stereocenters. The van der Waals surface area contributed by atoms with Gasteiger partial charge in [0.1, 0.15) is 0 Å². The van der Waals surface area contributed by atoms with E-state index >= 15 is 0 Å². The minimum absolute atomic E-state index is 0.263. The van der Waals surface area contributed by atoms with Crippen molar-refractivity contribution < 1.29 is 9.53 Å². The van der Waals surface area contributed by atoms with Crippen molar-refractivity contribution in [1.29, 1.82) is 0 Å². The van der Waals surface area contributed by atoms with Crippen molar-refractivity contribution in [2.45, 2.75) is 20.4 Å². The fourth-order valence-corrected chi connectivity index (χ4v) is 1.59. The third-order valence-corrected chi connectivity index (χ3v) is 2.68. The Morgan fingerprint density at radius 2 is 2.28 bits per heavy atom. The number of imidazole rings is 1. The van der Waals surface area contributed by atoms with Gasteiger partial charge in [0.05, 0.1) is 37.1 Å². The summed E-state index contributed by atoms with van der Waals surface area (Å²) in [6, 6.07) is 0. The van der Waals surface area contributed by atoms with Gasteiger partial charge in [-0.15, -0.1) is 5.10 Å². The number of aryl methyl sites for hydroxylation is 1. The Labute approximate surface area is 104 Å². The van der Waals surface area contributed by atoms with Gasteiger partial charge >= 0.3 is 5.97 Å². The van der Waals surface area contributed by atoms with Gasteiger partial charge in [-0.3, -0.25) is 0 Å². The maximum absolute atomic E-state index is 11.6. The summed E-state index contributed by atoms with van der Waals surface area (Å²) in [7, 11) is 1.90. The Hall–Kier alpha value is -2.18. The Balaban J connectivity index is 2.21. The van der Waals surface area contributed by atoms with Crippen LogP contribution in [0.4, 0.5) is 0 Å². The second-order valence-electron chi connectivity index (χ2n) is 3.90. The van der Waals surface area contributed by atoms with E-state index < -0.39 is 5.97 Å². The van der Waals surface area contributed by atoms with Crippen LogP contribution < -0.4 is 0 Å². The number of nitrogens with zero attached hydrogens (tertiary/aromatic N) is 5. The molecule has 18 heavy (non-hydrogen) atoms. The number of carbonyl (C=O) groups excluding carboxylic acids is 1. The number of aromatic nitrogens is 5. The number of carbonyl (C=O) groups is 1. The molecule has 0 spiro atoms. The van der Waals surface area contributed by atoms with Crippen LogP contribution in [-0.2, 0) is 18.3 Å². The molecule has 0 atom stereocenters. The monoisotopic (exact) mass is 249 g/mol. The summed E-state index contributed by atoms with van der Waals surface area (Å²) < 4.78 is 8.46. The average molecular weight is 249 g/mol. The van der Waals surface area contributed by atoms with Gasteiger partial charge in [0.15, 0.2) is 5.69 Å². The number of rotatable bonds is 4. The first-order valence-corrected chi connectivity index (χ1v) is 5.66. The van der Waals surface area contributed by atoms with Gasteiger partial charge in [-0.25, -0.2) is 14.5 Å². The highest BCUT2D eigenvalue weighted by Gasteiger charge is 2.17. The van der Waals surface area contributed by atoms with Gasteiger partial charge < -0.3 is 9.30 Å². The zero-order valence-corrected chi connectivity index (χ0v) is 10.6. The Kier molecular flexibility index (Phi) is 3.40.